The molecule has 0 aliphatic carbocycles. The Morgan fingerprint density at radius 1 is 1.35 bits per heavy atom. The van der Waals surface area contributed by atoms with Gasteiger partial charge in [-0.05, 0) is 35.4 Å². The highest BCUT2D eigenvalue weighted by Gasteiger charge is 2.21. The van der Waals surface area contributed by atoms with Gasteiger partial charge in [-0.2, -0.15) is 5.26 Å². The molecule has 0 radical (unpaired) electrons. The molecule has 0 amide bonds. The molecule has 3 rings (SSSR count). The second kappa shape index (κ2) is 7.85. The van der Waals surface area contributed by atoms with Crippen LogP contribution >= 0.6 is 23.1 Å². The lowest BCUT2D eigenvalue weighted by molar-refractivity contribution is 0.401. The molecular formula is C17H18N6OS2. The summed E-state index contributed by atoms with van der Waals surface area (Å²) in [6, 6.07) is 9.75. The number of aliphatic hydroxyl groups excluding tert-OH is 1. The first-order chi connectivity index (χ1) is 12.5. The van der Waals surface area contributed by atoms with Gasteiger partial charge in [0.15, 0.2) is 0 Å². The van der Waals surface area contributed by atoms with Crippen molar-refractivity contribution in [3.05, 3.63) is 35.0 Å². The fourth-order valence-corrected chi connectivity index (χ4v) is 4.18. The van der Waals surface area contributed by atoms with Crippen LogP contribution in [-0.2, 0) is 6.54 Å². The lowest BCUT2D eigenvalue weighted by Crippen LogP contribution is -2.10. The molecule has 9 heteroatoms. The molecule has 26 heavy (non-hydrogen) atoms. The van der Waals surface area contributed by atoms with Gasteiger partial charge in [0.1, 0.15) is 22.4 Å². The van der Waals surface area contributed by atoms with Crippen LogP contribution in [0.4, 0.5) is 0 Å². The Labute approximate surface area is 159 Å². The summed E-state index contributed by atoms with van der Waals surface area (Å²) in [5.74, 6) is 0.380. The van der Waals surface area contributed by atoms with E-state index in [1.165, 1.54) is 23.1 Å². The van der Waals surface area contributed by atoms with Gasteiger partial charge in [-0.1, -0.05) is 37.7 Å². The Morgan fingerprint density at radius 3 is 2.81 bits per heavy atom. The van der Waals surface area contributed by atoms with Crippen molar-refractivity contribution >= 4 is 38.9 Å². The number of benzene rings is 1. The van der Waals surface area contributed by atoms with Gasteiger partial charge < -0.3 is 5.11 Å². The molecule has 1 aromatic carbocycles. The van der Waals surface area contributed by atoms with Gasteiger partial charge in [0.05, 0.1) is 15.5 Å². The zero-order valence-corrected chi connectivity index (χ0v) is 16.3. The van der Waals surface area contributed by atoms with Crippen LogP contribution in [0.25, 0.3) is 15.8 Å². The smallest absolute Gasteiger partial charge is 0.210 e. The summed E-state index contributed by atoms with van der Waals surface area (Å²) in [6.07, 6.45) is 0. The number of tetrazole rings is 1. The SMILES string of the molecule is CC(C)Cn1nnnc1SC(C)C(O)=C(C#N)c1nc2ccccc2s1. The Bertz CT molecular complexity index is 951. The van der Waals surface area contributed by atoms with Crippen molar-refractivity contribution in [2.45, 2.75) is 37.7 Å². The first-order valence-electron chi connectivity index (χ1n) is 8.11. The predicted octanol–water partition coefficient (Wildman–Crippen LogP) is 3.91. The van der Waals surface area contributed by atoms with Gasteiger partial charge in [0, 0.05) is 6.54 Å². The Morgan fingerprint density at radius 2 is 2.12 bits per heavy atom. The van der Waals surface area contributed by atoms with Crippen molar-refractivity contribution in [2.75, 3.05) is 0 Å². The van der Waals surface area contributed by atoms with E-state index in [1.54, 1.807) is 4.68 Å². The predicted molar refractivity (Wildman–Crippen MR) is 103 cm³/mol. The lowest BCUT2D eigenvalue weighted by Gasteiger charge is -2.12. The minimum atomic E-state index is -0.381. The van der Waals surface area contributed by atoms with Crippen LogP contribution in [0.15, 0.2) is 35.2 Å². The number of thiazole rings is 1. The maximum atomic E-state index is 10.7. The highest BCUT2D eigenvalue weighted by atomic mass is 32.2. The van der Waals surface area contributed by atoms with Gasteiger partial charge in [-0.15, -0.1) is 16.4 Å². The highest BCUT2D eigenvalue weighted by molar-refractivity contribution is 7.99. The molecule has 0 saturated heterocycles. The first-order valence-corrected chi connectivity index (χ1v) is 9.81. The highest BCUT2D eigenvalue weighted by Crippen LogP contribution is 2.32. The molecule has 3 aromatic rings. The van der Waals surface area contributed by atoms with E-state index in [1.807, 2.05) is 31.2 Å². The van der Waals surface area contributed by atoms with Gasteiger partial charge in [0.2, 0.25) is 5.16 Å². The van der Waals surface area contributed by atoms with Crippen molar-refractivity contribution in [3.8, 4) is 6.07 Å². The van der Waals surface area contributed by atoms with E-state index in [2.05, 4.69) is 40.4 Å². The third-order valence-corrected chi connectivity index (χ3v) is 5.71. The summed E-state index contributed by atoms with van der Waals surface area (Å²) >= 11 is 2.71. The van der Waals surface area contributed by atoms with E-state index >= 15 is 0 Å². The van der Waals surface area contributed by atoms with Gasteiger partial charge in [0.25, 0.3) is 0 Å². The molecule has 1 N–H and O–H groups in total. The van der Waals surface area contributed by atoms with E-state index in [0.717, 1.165) is 10.2 Å². The van der Waals surface area contributed by atoms with Crippen LogP contribution < -0.4 is 0 Å². The molecule has 2 aromatic heterocycles. The van der Waals surface area contributed by atoms with E-state index in [0.29, 0.717) is 22.6 Å². The van der Waals surface area contributed by atoms with Crippen LogP contribution in [0.5, 0.6) is 0 Å². The number of hydrogen-bond donors (Lipinski definition) is 1. The number of nitriles is 1. The summed E-state index contributed by atoms with van der Waals surface area (Å²) in [7, 11) is 0. The molecule has 7 nitrogen and oxygen atoms in total. The topological polar surface area (TPSA) is 101 Å². The summed E-state index contributed by atoms with van der Waals surface area (Å²) in [6.45, 7) is 6.67. The summed E-state index contributed by atoms with van der Waals surface area (Å²) in [5, 5.41) is 32.7. The molecule has 0 bridgehead atoms. The number of allylic oxidation sites excluding steroid dienone is 1. The first kappa shape index (κ1) is 18.4. The van der Waals surface area contributed by atoms with Gasteiger partial charge >= 0.3 is 0 Å². The second-order valence-electron chi connectivity index (χ2n) is 6.16. The maximum absolute atomic E-state index is 10.7. The van der Waals surface area contributed by atoms with E-state index in [9.17, 15) is 10.4 Å². The average molecular weight is 387 g/mol. The number of thioether (sulfide) groups is 1. The zero-order valence-electron chi connectivity index (χ0n) is 14.6. The number of aliphatic hydroxyl groups is 1. The molecule has 0 spiro atoms. The number of fused-ring (bicyclic) bond motifs is 1. The van der Waals surface area contributed by atoms with Crippen LogP contribution in [0.1, 0.15) is 25.8 Å². The maximum Gasteiger partial charge on any atom is 0.210 e. The quantitative estimate of drug-likeness (QED) is 0.389. The molecule has 1 atom stereocenters. The number of para-hydroxylation sites is 1. The Hall–Kier alpha value is -2.44. The molecule has 1 unspecified atom stereocenters. The van der Waals surface area contributed by atoms with E-state index in [-0.39, 0.29) is 16.6 Å². The molecule has 0 fully saturated rings. The zero-order chi connectivity index (χ0) is 18.7. The van der Waals surface area contributed by atoms with Crippen molar-refractivity contribution in [3.63, 3.8) is 0 Å². The minimum Gasteiger partial charge on any atom is -0.510 e. The van der Waals surface area contributed by atoms with Crippen molar-refractivity contribution in [2.24, 2.45) is 5.92 Å². The Balaban J connectivity index is 1.88. The average Bonchev–Trinajstić information content (AvgIpc) is 3.21. The third-order valence-electron chi connectivity index (χ3n) is 3.58. The Kier molecular flexibility index (Phi) is 5.54. The summed E-state index contributed by atoms with van der Waals surface area (Å²) in [4.78, 5) is 4.46. The monoisotopic (exact) mass is 386 g/mol. The number of nitrogens with zero attached hydrogens (tertiary/aromatic N) is 6. The largest absolute Gasteiger partial charge is 0.510 e. The van der Waals surface area contributed by atoms with Crippen LogP contribution in [0.3, 0.4) is 0 Å². The molecule has 0 aliphatic heterocycles. The fraction of sp³-hybridized carbons (Fsp3) is 0.353. The molecule has 0 saturated carbocycles. The van der Waals surface area contributed by atoms with E-state index < -0.39 is 0 Å². The van der Waals surface area contributed by atoms with Crippen molar-refractivity contribution in [1.82, 2.24) is 25.2 Å². The number of rotatable bonds is 6. The fourth-order valence-electron chi connectivity index (χ4n) is 2.35. The molecule has 2 heterocycles. The van der Waals surface area contributed by atoms with Crippen LogP contribution in [0, 0.1) is 17.2 Å². The normalized spacial score (nSPS) is 13.7. The van der Waals surface area contributed by atoms with Gasteiger partial charge in [-0.25, -0.2) is 9.67 Å². The minimum absolute atomic E-state index is 0.0179. The van der Waals surface area contributed by atoms with Crippen molar-refractivity contribution < 1.29 is 5.11 Å². The molecule has 134 valence electrons. The molecule has 0 aliphatic rings. The van der Waals surface area contributed by atoms with Crippen molar-refractivity contribution in [1.29, 1.82) is 5.26 Å². The number of hydrogen-bond acceptors (Lipinski definition) is 8. The van der Waals surface area contributed by atoms with Gasteiger partial charge in [-0.3, -0.25) is 0 Å². The molecular weight excluding hydrogens is 368 g/mol. The number of aromatic nitrogens is 5. The summed E-state index contributed by atoms with van der Waals surface area (Å²) in [5.41, 5.74) is 1.00. The van der Waals surface area contributed by atoms with Crippen LogP contribution in [-0.4, -0.2) is 35.5 Å². The third kappa shape index (κ3) is 3.86. The van der Waals surface area contributed by atoms with E-state index in [4.69, 9.17) is 0 Å². The second-order valence-corrected chi connectivity index (χ2v) is 8.49. The van der Waals surface area contributed by atoms with Crippen LogP contribution in [0.2, 0.25) is 0 Å². The standard InChI is InChI=1S/C17H18N6OS2/c1-10(2)9-23-17(20-21-22-23)25-11(3)15(24)12(8-18)16-19-13-6-4-5-7-14(13)26-16/h4-7,10-11,24H,9H2,1-3H3. The lowest BCUT2D eigenvalue weighted by atomic mass is 10.2. The summed E-state index contributed by atoms with van der Waals surface area (Å²) < 4.78 is 2.69.